The molecular weight excluding hydrogens is 364 g/mol. The van der Waals surface area contributed by atoms with Crippen LogP contribution in [0.2, 0.25) is 0 Å². The van der Waals surface area contributed by atoms with Gasteiger partial charge in [-0.2, -0.15) is 5.10 Å². The molecule has 0 aliphatic carbocycles. The van der Waals surface area contributed by atoms with E-state index in [0.29, 0.717) is 16.6 Å². The molecule has 0 atom stereocenters. The molecule has 3 rings (SSSR count). The average molecular weight is 379 g/mol. The lowest BCUT2D eigenvalue weighted by molar-refractivity contribution is 0.100. The number of anilines is 1. The van der Waals surface area contributed by atoms with E-state index in [1.807, 2.05) is 0 Å². The minimum atomic E-state index is -2.74. The van der Waals surface area contributed by atoms with Crippen molar-refractivity contribution in [3.05, 3.63) is 39.7 Å². The second-order valence-corrected chi connectivity index (χ2v) is 6.76. The molecule has 0 fully saturated rings. The molecular formula is C16H15F2N5O2S. The number of nitrogens with one attached hydrogen (secondary N) is 1. The number of carbonyl (C=O) groups is 2. The second-order valence-electron chi connectivity index (χ2n) is 5.76. The molecule has 0 radical (unpaired) electrons. The predicted molar refractivity (Wildman–Crippen MR) is 93.7 cm³/mol. The molecule has 26 heavy (non-hydrogen) atoms. The summed E-state index contributed by atoms with van der Waals surface area (Å²) in [7, 11) is 1.62. The molecule has 0 aliphatic heterocycles. The van der Waals surface area contributed by atoms with Crippen LogP contribution in [0.15, 0.2) is 12.1 Å². The van der Waals surface area contributed by atoms with Crippen molar-refractivity contribution in [2.75, 3.05) is 5.32 Å². The Morgan fingerprint density at radius 2 is 2.00 bits per heavy atom. The molecule has 0 saturated heterocycles. The highest BCUT2D eigenvalue weighted by Crippen LogP contribution is 2.38. The van der Waals surface area contributed by atoms with Gasteiger partial charge in [-0.3, -0.25) is 14.3 Å². The predicted octanol–water partition coefficient (Wildman–Crippen LogP) is 2.94. The molecule has 3 aromatic rings. The van der Waals surface area contributed by atoms with Crippen molar-refractivity contribution in [1.29, 1.82) is 0 Å². The van der Waals surface area contributed by atoms with E-state index in [1.54, 1.807) is 27.0 Å². The number of hydrogen-bond donors (Lipinski definition) is 2. The minimum Gasteiger partial charge on any atom is -0.365 e. The van der Waals surface area contributed by atoms with Gasteiger partial charge in [0.2, 0.25) is 0 Å². The summed E-state index contributed by atoms with van der Waals surface area (Å²) in [5.41, 5.74) is 6.58. The molecule has 0 saturated carbocycles. The van der Waals surface area contributed by atoms with Crippen LogP contribution in [-0.4, -0.2) is 26.6 Å². The third-order valence-corrected chi connectivity index (χ3v) is 4.90. The summed E-state index contributed by atoms with van der Waals surface area (Å²) < 4.78 is 27.4. The topological polar surface area (TPSA) is 103 Å². The highest BCUT2D eigenvalue weighted by Gasteiger charge is 2.24. The van der Waals surface area contributed by atoms with E-state index in [9.17, 15) is 18.4 Å². The normalized spacial score (nSPS) is 11.3. The molecule has 3 heterocycles. The summed E-state index contributed by atoms with van der Waals surface area (Å²) in [6.07, 6.45) is -2.74. The minimum absolute atomic E-state index is 0.0502. The number of aromatic nitrogens is 3. The Balaban J connectivity index is 2.14. The highest BCUT2D eigenvalue weighted by molar-refractivity contribution is 7.21. The van der Waals surface area contributed by atoms with E-state index >= 15 is 0 Å². The number of aryl methyl sites for hydroxylation is 3. The molecule has 3 N–H and O–H groups in total. The maximum atomic E-state index is 13.0. The largest absolute Gasteiger partial charge is 0.365 e. The lowest BCUT2D eigenvalue weighted by atomic mass is 10.1. The van der Waals surface area contributed by atoms with Crippen LogP contribution in [-0.2, 0) is 7.05 Å². The Labute approximate surface area is 150 Å². The van der Waals surface area contributed by atoms with E-state index in [-0.39, 0.29) is 21.1 Å². The number of thiophene rings is 1. The fourth-order valence-electron chi connectivity index (χ4n) is 2.71. The standard InChI is InChI=1S/C16H15F2N5O2S/c1-6-4-8(13(17)18)20-16-10(6)11(12(26-16)14(19)24)21-15(25)9-5-7(2)22-23(9)3/h4-5,13H,1-3H3,(H2,19,24)(H,21,25). The summed E-state index contributed by atoms with van der Waals surface area (Å²) in [6.45, 7) is 3.35. The van der Waals surface area contributed by atoms with Crippen LogP contribution in [0.4, 0.5) is 14.5 Å². The van der Waals surface area contributed by atoms with Gasteiger partial charge in [0.1, 0.15) is 21.1 Å². The summed E-state index contributed by atoms with van der Waals surface area (Å²) in [4.78, 5) is 28.5. The Kier molecular flexibility index (Phi) is 4.45. The summed E-state index contributed by atoms with van der Waals surface area (Å²) >= 11 is 0.868. The molecule has 3 aromatic heterocycles. The average Bonchev–Trinajstić information content (AvgIpc) is 3.07. The number of rotatable bonds is 4. The van der Waals surface area contributed by atoms with Crippen LogP contribution in [0.25, 0.3) is 10.2 Å². The zero-order chi connectivity index (χ0) is 19.2. The van der Waals surface area contributed by atoms with E-state index in [0.717, 1.165) is 11.3 Å². The molecule has 0 spiro atoms. The van der Waals surface area contributed by atoms with Crippen LogP contribution >= 0.6 is 11.3 Å². The van der Waals surface area contributed by atoms with Crippen LogP contribution in [0.1, 0.15) is 43.5 Å². The SMILES string of the molecule is Cc1cc(C(=O)Nc2c(C(N)=O)sc3nc(C(F)F)cc(C)c23)n(C)n1. The van der Waals surface area contributed by atoms with Gasteiger partial charge >= 0.3 is 0 Å². The quantitative estimate of drug-likeness (QED) is 0.727. The van der Waals surface area contributed by atoms with Crippen molar-refractivity contribution in [3.63, 3.8) is 0 Å². The highest BCUT2D eigenvalue weighted by atomic mass is 32.1. The van der Waals surface area contributed by atoms with Crippen molar-refractivity contribution >= 4 is 39.1 Å². The molecule has 0 bridgehead atoms. The Hall–Kier alpha value is -2.88. The lowest BCUT2D eigenvalue weighted by Gasteiger charge is -2.08. The number of pyridine rings is 1. The van der Waals surface area contributed by atoms with Crippen LogP contribution in [0, 0.1) is 13.8 Å². The maximum Gasteiger partial charge on any atom is 0.280 e. The Morgan fingerprint density at radius 3 is 2.54 bits per heavy atom. The third kappa shape index (κ3) is 3.03. The smallest absolute Gasteiger partial charge is 0.280 e. The number of nitrogens with zero attached hydrogens (tertiary/aromatic N) is 3. The van der Waals surface area contributed by atoms with Crippen molar-refractivity contribution < 1.29 is 18.4 Å². The molecule has 136 valence electrons. The van der Waals surface area contributed by atoms with Crippen molar-refractivity contribution in [2.24, 2.45) is 12.8 Å². The van der Waals surface area contributed by atoms with Crippen LogP contribution in [0.5, 0.6) is 0 Å². The van der Waals surface area contributed by atoms with Crippen molar-refractivity contribution in [2.45, 2.75) is 20.3 Å². The van der Waals surface area contributed by atoms with Gasteiger partial charge in [-0.05, 0) is 31.5 Å². The molecule has 7 nitrogen and oxygen atoms in total. The summed E-state index contributed by atoms with van der Waals surface area (Å²) in [6, 6.07) is 2.82. The van der Waals surface area contributed by atoms with E-state index < -0.39 is 23.9 Å². The fourth-order valence-corrected chi connectivity index (χ4v) is 3.78. The monoisotopic (exact) mass is 379 g/mol. The van der Waals surface area contributed by atoms with Gasteiger partial charge in [0, 0.05) is 12.4 Å². The Bertz CT molecular complexity index is 1040. The third-order valence-electron chi connectivity index (χ3n) is 3.80. The number of alkyl halides is 2. The first-order valence-electron chi connectivity index (χ1n) is 7.53. The zero-order valence-electron chi connectivity index (χ0n) is 14.1. The summed E-state index contributed by atoms with van der Waals surface area (Å²) in [5, 5.41) is 7.18. The number of halogens is 2. The first-order valence-corrected chi connectivity index (χ1v) is 8.34. The second kappa shape index (κ2) is 6.45. The maximum absolute atomic E-state index is 13.0. The zero-order valence-corrected chi connectivity index (χ0v) is 14.9. The van der Waals surface area contributed by atoms with Gasteiger partial charge in [-0.25, -0.2) is 13.8 Å². The van der Waals surface area contributed by atoms with E-state index in [1.165, 1.54) is 10.7 Å². The number of amides is 2. The molecule has 2 amide bonds. The van der Waals surface area contributed by atoms with Crippen molar-refractivity contribution in [3.8, 4) is 0 Å². The number of hydrogen-bond acceptors (Lipinski definition) is 5. The van der Waals surface area contributed by atoms with Gasteiger partial charge < -0.3 is 11.1 Å². The number of fused-ring (bicyclic) bond motifs is 1. The molecule has 0 aliphatic rings. The van der Waals surface area contributed by atoms with Crippen LogP contribution < -0.4 is 11.1 Å². The molecule has 0 aromatic carbocycles. The van der Waals surface area contributed by atoms with E-state index in [4.69, 9.17) is 5.73 Å². The first-order chi connectivity index (χ1) is 12.2. The van der Waals surface area contributed by atoms with Gasteiger partial charge in [-0.15, -0.1) is 11.3 Å². The van der Waals surface area contributed by atoms with Crippen LogP contribution in [0.3, 0.4) is 0 Å². The molecule has 0 unspecified atom stereocenters. The summed E-state index contributed by atoms with van der Waals surface area (Å²) in [5.74, 6) is -1.27. The first kappa shape index (κ1) is 17.9. The molecule has 10 heteroatoms. The fraction of sp³-hybridized carbons (Fsp3) is 0.250. The Morgan fingerprint density at radius 1 is 1.31 bits per heavy atom. The number of nitrogens with two attached hydrogens (primary N) is 1. The van der Waals surface area contributed by atoms with Gasteiger partial charge in [0.25, 0.3) is 18.2 Å². The van der Waals surface area contributed by atoms with Gasteiger partial charge in [0.15, 0.2) is 0 Å². The number of primary amides is 1. The van der Waals surface area contributed by atoms with Crippen molar-refractivity contribution in [1.82, 2.24) is 14.8 Å². The van der Waals surface area contributed by atoms with Gasteiger partial charge in [0.05, 0.1) is 11.4 Å². The van der Waals surface area contributed by atoms with E-state index in [2.05, 4.69) is 15.4 Å². The number of carbonyl (C=O) groups excluding carboxylic acids is 2. The lowest BCUT2D eigenvalue weighted by Crippen LogP contribution is -2.19. The van der Waals surface area contributed by atoms with Gasteiger partial charge in [-0.1, -0.05) is 0 Å².